The van der Waals surface area contributed by atoms with Crippen LogP contribution < -0.4 is 5.32 Å². The van der Waals surface area contributed by atoms with Gasteiger partial charge in [0.15, 0.2) is 6.61 Å². The van der Waals surface area contributed by atoms with Crippen LogP contribution in [0.5, 0.6) is 0 Å². The molecule has 126 valence electrons. The van der Waals surface area contributed by atoms with E-state index in [-0.39, 0.29) is 12.5 Å². The molecule has 0 saturated carbocycles. The van der Waals surface area contributed by atoms with E-state index in [9.17, 15) is 9.59 Å². The molecule has 0 atom stereocenters. The predicted octanol–water partition coefficient (Wildman–Crippen LogP) is 3.33. The highest BCUT2D eigenvalue weighted by Crippen LogP contribution is 2.19. The van der Waals surface area contributed by atoms with E-state index in [4.69, 9.17) is 4.74 Å². The molecular formula is C19H22N2O3. The molecule has 0 saturated heterocycles. The van der Waals surface area contributed by atoms with Gasteiger partial charge in [0.05, 0.1) is 0 Å². The number of carbonyl (C=O) groups excluding carboxylic acids is 2. The summed E-state index contributed by atoms with van der Waals surface area (Å²) >= 11 is 0. The van der Waals surface area contributed by atoms with E-state index in [1.54, 1.807) is 6.07 Å². The Morgan fingerprint density at radius 2 is 2.08 bits per heavy atom. The van der Waals surface area contributed by atoms with Crippen molar-refractivity contribution in [2.45, 2.75) is 32.1 Å². The summed E-state index contributed by atoms with van der Waals surface area (Å²) < 4.78 is 5.07. The second-order valence-corrected chi connectivity index (χ2v) is 6.05. The normalized spacial score (nSPS) is 14.2. The summed E-state index contributed by atoms with van der Waals surface area (Å²) in [6.07, 6.45) is 7.92. The Labute approximate surface area is 141 Å². The number of hydrogen-bond acceptors (Lipinski definition) is 3. The molecule has 0 spiro atoms. The van der Waals surface area contributed by atoms with Gasteiger partial charge in [0.2, 0.25) is 0 Å². The number of allylic oxidation sites excluding steroid dienone is 1. The van der Waals surface area contributed by atoms with Crippen LogP contribution in [0.1, 0.15) is 42.6 Å². The lowest BCUT2D eigenvalue weighted by molar-refractivity contribution is -0.124. The third-order valence-corrected chi connectivity index (χ3v) is 4.24. The lowest BCUT2D eigenvalue weighted by atomic mass is 9.97. The first-order chi connectivity index (χ1) is 11.7. The number of ether oxygens (including phenoxy) is 1. The van der Waals surface area contributed by atoms with Crippen molar-refractivity contribution >= 4 is 22.8 Å². The maximum Gasteiger partial charge on any atom is 0.355 e. The van der Waals surface area contributed by atoms with Gasteiger partial charge in [-0.1, -0.05) is 29.8 Å². The van der Waals surface area contributed by atoms with Crippen molar-refractivity contribution in [3.63, 3.8) is 0 Å². The molecule has 1 aromatic carbocycles. The minimum atomic E-state index is -0.517. The molecule has 0 radical (unpaired) electrons. The van der Waals surface area contributed by atoms with Crippen LogP contribution in [0.15, 0.2) is 42.0 Å². The van der Waals surface area contributed by atoms with Gasteiger partial charge in [-0.3, -0.25) is 4.79 Å². The molecule has 0 unspecified atom stereocenters. The van der Waals surface area contributed by atoms with Crippen LogP contribution in [0.25, 0.3) is 10.9 Å². The van der Waals surface area contributed by atoms with Gasteiger partial charge in [-0.25, -0.2) is 4.79 Å². The summed E-state index contributed by atoms with van der Waals surface area (Å²) in [6, 6.07) is 9.32. The fourth-order valence-electron chi connectivity index (χ4n) is 2.94. The van der Waals surface area contributed by atoms with Crippen molar-refractivity contribution in [2.24, 2.45) is 0 Å². The second-order valence-electron chi connectivity index (χ2n) is 6.05. The standard InChI is InChI=1S/C19H22N2O3/c22-18(20-11-10-14-6-2-1-3-7-14)13-24-19(23)17-12-15-8-4-5-9-16(15)21-17/h4-6,8-9,12,21H,1-3,7,10-11,13H2,(H,20,22). The molecule has 0 fully saturated rings. The molecule has 0 aliphatic heterocycles. The lowest BCUT2D eigenvalue weighted by Gasteiger charge is -2.12. The lowest BCUT2D eigenvalue weighted by Crippen LogP contribution is -2.29. The molecule has 0 bridgehead atoms. The van der Waals surface area contributed by atoms with Gasteiger partial charge in [0, 0.05) is 17.4 Å². The summed E-state index contributed by atoms with van der Waals surface area (Å²) in [5, 5.41) is 3.74. The van der Waals surface area contributed by atoms with E-state index >= 15 is 0 Å². The largest absolute Gasteiger partial charge is 0.451 e. The molecule has 24 heavy (non-hydrogen) atoms. The van der Waals surface area contributed by atoms with E-state index in [1.807, 2.05) is 24.3 Å². The van der Waals surface area contributed by atoms with Crippen LogP contribution in [0.3, 0.4) is 0 Å². The van der Waals surface area contributed by atoms with Gasteiger partial charge >= 0.3 is 5.97 Å². The Morgan fingerprint density at radius 1 is 1.21 bits per heavy atom. The molecule has 1 aliphatic carbocycles. The van der Waals surface area contributed by atoms with E-state index in [2.05, 4.69) is 16.4 Å². The number of para-hydroxylation sites is 1. The third-order valence-electron chi connectivity index (χ3n) is 4.24. The van der Waals surface area contributed by atoms with E-state index < -0.39 is 5.97 Å². The van der Waals surface area contributed by atoms with Gasteiger partial charge < -0.3 is 15.0 Å². The van der Waals surface area contributed by atoms with Crippen molar-refractivity contribution in [2.75, 3.05) is 13.2 Å². The Bertz CT molecular complexity index is 728. The van der Waals surface area contributed by atoms with E-state index in [1.165, 1.54) is 18.4 Å². The molecule has 5 nitrogen and oxygen atoms in total. The van der Waals surface area contributed by atoms with Gasteiger partial charge in [0.25, 0.3) is 5.91 Å². The number of carbonyl (C=O) groups is 2. The number of rotatable bonds is 6. The van der Waals surface area contributed by atoms with Gasteiger partial charge in [-0.05, 0) is 44.2 Å². The molecule has 1 aromatic heterocycles. The Morgan fingerprint density at radius 3 is 2.88 bits per heavy atom. The maximum atomic E-state index is 12.0. The minimum absolute atomic E-state index is 0.257. The van der Waals surface area contributed by atoms with Crippen LogP contribution in [0, 0.1) is 0 Å². The fraction of sp³-hybridized carbons (Fsp3) is 0.368. The third kappa shape index (κ3) is 4.25. The Kier molecular flexibility index (Phi) is 5.31. The number of fused-ring (bicyclic) bond motifs is 1. The quantitative estimate of drug-likeness (QED) is 0.632. The number of H-pyrrole nitrogens is 1. The summed E-state index contributed by atoms with van der Waals surface area (Å²) in [6.45, 7) is 0.335. The van der Waals surface area contributed by atoms with Crippen molar-refractivity contribution in [3.8, 4) is 0 Å². The smallest absolute Gasteiger partial charge is 0.355 e. The molecule has 1 aliphatic rings. The van der Waals surface area contributed by atoms with Crippen LogP contribution in [0.2, 0.25) is 0 Å². The number of esters is 1. The van der Waals surface area contributed by atoms with Crippen molar-refractivity contribution in [1.82, 2.24) is 10.3 Å². The number of aromatic nitrogens is 1. The summed E-state index contributed by atoms with van der Waals surface area (Å²) in [4.78, 5) is 26.8. The maximum absolute atomic E-state index is 12.0. The molecule has 2 N–H and O–H groups in total. The molecule has 1 amide bonds. The average Bonchev–Trinajstić information content (AvgIpc) is 3.05. The van der Waals surface area contributed by atoms with Crippen molar-refractivity contribution < 1.29 is 14.3 Å². The van der Waals surface area contributed by atoms with Crippen LogP contribution in [0.4, 0.5) is 0 Å². The van der Waals surface area contributed by atoms with Gasteiger partial charge in [-0.2, -0.15) is 0 Å². The number of benzene rings is 1. The molecular weight excluding hydrogens is 304 g/mol. The number of amides is 1. The second kappa shape index (κ2) is 7.81. The number of hydrogen-bond donors (Lipinski definition) is 2. The minimum Gasteiger partial charge on any atom is -0.451 e. The average molecular weight is 326 g/mol. The first-order valence-electron chi connectivity index (χ1n) is 8.42. The Balaban J connectivity index is 1.42. The molecule has 1 heterocycles. The molecule has 3 rings (SSSR count). The van der Waals surface area contributed by atoms with Crippen molar-refractivity contribution in [3.05, 3.63) is 47.7 Å². The van der Waals surface area contributed by atoms with Crippen LogP contribution in [-0.4, -0.2) is 30.0 Å². The summed E-state index contributed by atoms with van der Waals surface area (Å²) in [7, 11) is 0. The topological polar surface area (TPSA) is 71.2 Å². The fourth-order valence-corrected chi connectivity index (χ4v) is 2.94. The first-order valence-corrected chi connectivity index (χ1v) is 8.42. The van der Waals surface area contributed by atoms with Crippen LogP contribution in [-0.2, 0) is 9.53 Å². The van der Waals surface area contributed by atoms with Crippen LogP contribution >= 0.6 is 0 Å². The zero-order valence-electron chi connectivity index (χ0n) is 13.6. The molecule has 2 aromatic rings. The molecule has 5 heteroatoms. The predicted molar refractivity (Wildman–Crippen MR) is 92.8 cm³/mol. The zero-order valence-corrected chi connectivity index (χ0v) is 13.6. The SMILES string of the molecule is O=C(COC(=O)c1cc2ccccc2[nH]1)NCCC1=CCCCC1. The van der Waals surface area contributed by atoms with E-state index in [0.29, 0.717) is 12.2 Å². The first kappa shape index (κ1) is 16.3. The highest BCUT2D eigenvalue weighted by Gasteiger charge is 2.13. The monoisotopic (exact) mass is 326 g/mol. The number of aromatic amines is 1. The van der Waals surface area contributed by atoms with Gasteiger partial charge in [0.1, 0.15) is 5.69 Å². The highest BCUT2D eigenvalue weighted by atomic mass is 16.5. The summed E-state index contributed by atoms with van der Waals surface area (Å²) in [5.74, 6) is -0.785. The van der Waals surface area contributed by atoms with Gasteiger partial charge in [-0.15, -0.1) is 0 Å². The van der Waals surface area contributed by atoms with E-state index in [0.717, 1.165) is 30.2 Å². The zero-order chi connectivity index (χ0) is 16.8. The number of nitrogens with one attached hydrogen (secondary N) is 2. The summed E-state index contributed by atoms with van der Waals surface area (Å²) in [5.41, 5.74) is 2.64. The van der Waals surface area contributed by atoms with Crippen molar-refractivity contribution in [1.29, 1.82) is 0 Å². The Hall–Kier alpha value is -2.56. The highest BCUT2D eigenvalue weighted by molar-refractivity contribution is 5.95.